The first kappa shape index (κ1) is 19.0. The van der Waals surface area contributed by atoms with Crippen molar-refractivity contribution in [3.8, 4) is 0 Å². The molecule has 0 unspecified atom stereocenters. The predicted molar refractivity (Wildman–Crippen MR) is 99.2 cm³/mol. The molecule has 0 saturated carbocycles. The predicted octanol–water partition coefficient (Wildman–Crippen LogP) is 1.93. The fourth-order valence-electron chi connectivity index (χ4n) is 2.61. The Morgan fingerprint density at radius 1 is 1.24 bits per heavy atom. The Hall–Kier alpha value is -2.38. The van der Waals surface area contributed by atoms with Gasteiger partial charge in [-0.25, -0.2) is 0 Å². The van der Waals surface area contributed by atoms with Gasteiger partial charge in [0.15, 0.2) is 0 Å². The van der Waals surface area contributed by atoms with E-state index in [1.165, 1.54) is 22.7 Å². The maximum atomic E-state index is 12.4. The van der Waals surface area contributed by atoms with Crippen molar-refractivity contribution in [1.29, 1.82) is 0 Å². The summed E-state index contributed by atoms with van der Waals surface area (Å²) in [5, 5.41) is 14.0. The van der Waals surface area contributed by atoms with Gasteiger partial charge in [0, 0.05) is 17.2 Å². The molecule has 0 aliphatic rings. The Morgan fingerprint density at radius 2 is 1.92 bits per heavy atom. The molecule has 0 aliphatic heterocycles. The first-order valence-electron chi connectivity index (χ1n) is 7.89. The number of rotatable bonds is 7. The number of hydrogen-bond donors (Lipinski definition) is 2. The summed E-state index contributed by atoms with van der Waals surface area (Å²) >= 11 is 1.29. The Balaban J connectivity index is 2.13. The van der Waals surface area contributed by atoms with Gasteiger partial charge in [0.1, 0.15) is 6.04 Å². The number of benzene rings is 2. The van der Waals surface area contributed by atoms with Crippen molar-refractivity contribution < 1.29 is 14.6 Å². The second kappa shape index (κ2) is 8.64. The van der Waals surface area contributed by atoms with Crippen LogP contribution in [0.5, 0.6) is 0 Å². The molecule has 0 fully saturated rings. The van der Waals surface area contributed by atoms with E-state index in [0.717, 1.165) is 5.56 Å². The summed E-state index contributed by atoms with van der Waals surface area (Å²) in [6.45, 7) is 0.448. The van der Waals surface area contributed by atoms with Gasteiger partial charge in [-0.3, -0.25) is 14.9 Å². The monoisotopic (exact) mass is 360 g/mol. The molecule has 0 spiro atoms. The number of hydrogen-bond acceptors (Lipinski definition) is 4. The Morgan fingerprint density at radius 3 is 2.48 bits per heavy atom. The molecule has 132 valence electrons. The molecule has 2 aromatic rings. The van der Waals surface area contributed by atoms with Gasteiger partial charge in [-0.1, -0.05) is 30.3 Å². The highest BCUT2D eigenvalue weighted by Gasteiger charge is 2.21. The lowest BCUT2D eigenvalue weighted by Gasteiger charge is -2.22. The summed E-state index contributed by atoms with van der Waals surface area (Å²) in [7, 11) is 4.06. The average Bonchev–Trinajstić information content (AvgIpc) is 2.61. The first-order valence-corrected chi connectivity index (χ1v) is 9.12. The van der Waals surface area contributed by atoms with Crippen LogP contribution in [0.3, 0.4) is 0 Å². The molecule has 1 amide bonds. The Kier molecular flexibility index (Phi) is 6.55. The number of amides is 1. The second-order valence-corrected chi connectivity index (χ2v) is 6.74. The van der Waals surface area contributed by atoms with Crippen LogP contribution in [-0.2, 0) is 0 Å². The molecular weight excluding hydrogens is 338 g/mol. The summed E-state index contributed by atoms with van der Waals surface area (Å²) < 4.78 is 0. The van der Waals surface area contributed by atoms with Crippen LogP contribution in [0.15, 0.2) is 53.4 Å². The zero-order valence-electron chi connectivity index (χ0n) is 14.5. The van der Waals surface area contributed by atoms with E-state index in [9.17, 15) is 14.9 Å². The van der Waals surface area contributed by atoms with Gasteiger partial charge in [-0.2, -0.15) is 0 Å². The minimum absolute atomic E-state index is 0.0435. The van der Waals surface area contributed by atoms with E-state index in [-0.39, 0.29) is 17.6 Å². The fraction of sp³-hybridized carbons (Fsp3) is 0.278. The second-order valence-electron chi connectivity index (χ2n) is 5.89. The highest BCUT2D eigenvalue weighted by Crippen LogP contribution is 2.28. The lowest BCUT2D eigenvalue weighted by molar-refractivity contribution is -0.890. The number of nitro benzene ring substituents is 1. The van der Waals surface area contributed by atoms with Gasteiger partial charge in [-0.15, -0.1) is 11.8 Å². The fourth-order valence-corrected chi connectivity index (χ4v) is 3.16. The molecule has 0 heterocycles. The van der Waals surface area contributed by atoms with Crippen LogP contribution >= 0.6 is 11.8 Å². The van der Waals surface area contributed by atoms with Gasteiger partial charge in [-0.05, 0) is 18.4 Å². The molecule has 7 heteroatoms. The third-order valence-electron chi connectivity index (χ3n) is 4.00. The third-order valence-corrected chi connectivity index (χ3v) is 4.79. The standard InChI is InChI=1S/C18H21N3O3S/c1-20(2)16(13-7-5-4-6-8-13)12-19-18(22)14-9-10-17(25-3)15(11-14)21(23)24/h4-11,16H,12H2,1-3H3,(H,19,22)/p+1/t16-/m0/s1. The summed E-state index contributed by atoms with van der Waals surface area (Å²) in [5.41, 5.74) is 1.38. The molecular formula is C18H22N3O3S+. The van der Waals surface area contributed by atoms with Crippen LogP contribution in [0, 0.1) is 10.1 Å². The molecule has 2 aromatic carbocycles. The first-order chi connectivity index (χ1) is 11.9. The van der Waals surface area contributed by atoms with Crippen molar-refractivity contribution >= 4 is 23.4 Å². The number of thioether (sulfide) groups is 1. The number of nitro groups is 1. The number of carbonyl (C=O) groups is 1. The van der Waals surface area contributed by atoms with Crippen molar-refractivity contribution in [1.82, 2.24) is 5.32 Å². The van der Waals surface area contributed by atoms with Gasteiger partial charge < -0.3 is 10.2 Å². The van der Waals surface area contributed by atoms with Gasteiger partial charge in [0.05, 0.1) is 30.5 Å². The van der Waals surface area contributed by atoms with Crippen LogP contribution in [0.25, 0.3) is 0 Å². The van der Waals surface area contributed by atoms with Crippen molar-refractivity contribution in [2.45, 2.75) is 10.9 Å². The van der Waals surface area contributed by atoms with E-state index in [1.54, 1.807) is 18.4 Å². The largest absolute Gasteiger partial charge is 0.346 e. The smallest absolute Gasteiger partial charge is 0.283 e. The average molecular weight is 360 g/mol. The molecule has 1 atom stereocenters. The number of likely N-dealkylation sites (N-methyl/N-ethyl adjacent to an activating group) is 1. The maximum Gasteiger partial charge on any atom is 0.283 e. The summed E-state index contributed by atoms with van der Waals surface area (Å²) in [4.78, 5) is 24.9. The minimum atomic E-state index is -0.459. The van der Waals surface area contributed by atoms with E-state index in [2.05, 4.69) is 5.32 Å². The van der Waals surface area contributed by atoms with Crippen molar-refractivity contribution in [3.63, 3.8) is 0 Å². The number of quaternary nitrogens is 1. The maximum absolute atomic E-state index is 12.4. The van der Waals surface area contributed by atoms with Crippen LogP contribution in [0.2, 0.25) is 0 Å². The van der Waals surface area contributed by atoms with E-state index < -0.39 is 4.92 Å². The highest BCUT2D eigenvalue weighted by atomic mass is 32.2. The molecule has 2 N–H and O–H groups in total. The van der Waals surface area contributed by atoms with Crippen LogP contribution < -0.4 is 10.2 Å². The normalized spacial score (nSPS) is 12.0. The molecule has 0 saturated heterocycles. The van der Waals surface area contributed by atoms with Crippen LogP contribution in [0.4, 0.5) is 5.69 Å². The molecule has 25 heavy (non-hydrogen) atoms. The molecule has 6 nitrogen and oxygen atoms in total. The van der Waals surface area contributed by atoms with Crippen molar-refractivity contribution in [2.24, 2.45) is 0 Å². The van der Waals surface area contributed by atoms with Crippen LogP contribution in [-0.4, -0.2) is 37.7 Å². The summed E-state index contributed by atoms with van der Waals surface area (Å²) in [5.74, 6) is -0.307. The Bertz CT molecular complexity index is 750. The van der Waals surface area contributed by atoms with E-state index >= 15 is 0 Å². The molecule has 0 bridgehead atoms. The minimum Gasteiger partial charge on any atom is -0.346 e. The van der Waals surface area contributed by atoms with E-state index in [0.29, 0.717) is 17.0 Å². The molecule has 0 aliphatic carbocycles. The van der Waals surface area contributed by atoms with Crippen molar-refractivity contribution in [3.05, 3.63) is 69.8 Å². The summed E-state index contributed by atoms with van der Waals surface area (Å²) in [6, 6.07) is 14.6. The van der Waals surface area contributed by atoms with E-state index in [4.69, 9.17) is 0 Å². The zero-order chi connectivity index (χ0) is 18.4. The van der Waals surface area contributed by atoms with E-state index in [1.807, 2.05) is 44.4 Å². The van der Waals surface area contributed by atoms with Crippen LogP contribution in [0.1, 0.15) is 22.0 Å². The number of nitrogens with zero attached hydrogens (tertiary/aromatic N) is 1. The molecule has 0 radical (unpaired) electrons. The Labute approximate surface area is 151 Å². The SMILES string of the molecule is CSc1ccc(C(=O)NC[C@@H](c2ccccc2)[NH+](C)C)cc1[N+](=O)[O-]. The molecule has 2 rings (SSSR count). The zero-order valence-corrected chi connectivity index (χ0v) is 15.3. The molecule has 0 aromatic heterocycles. The topological polar surface area (TPSA) is 76.7 Å². The lowest BCUT2D eigenvalue weighted by atomic mass is 10.1. The summed E-state index contributed by atoms with van der Waals surface area (Å²) in [6.07, 6.45) is 1.77. The highest BCUT2D eigenvalue weighted by molar-refractivity contribution is 7.98. The van der Waals surface area contributed by atoms with Crippen molar-refractivity contribution in [2.75, 3.05) is 26.9 Å². The quantitative estimate of drug-likeness (QED) is 0.449. The van der Waals surface area contributed by atoms with Gasteiger partial charge in [0.2, 0.25) is 0 Å². The third kappa shape index (κ3) is 4.80. The number of nitrogens with one attached hydrogen (secondary N) is 2. The number of carbonyl (C=O) groups excluding carboxylic acids is 1. The van der Waals surface area contributed by atoms with Gasteiger partial charge in [0.25, 0.3) is 11.6 Å². The lowest BCUT2D eigenvalue weighted by Crippen LogP contribution is -3.07. The van der Waals surface area contributed by atoms with Gasteiger partial charge >= 0.3 is 0 Å².